The third-order valence-electron chi connectivity index (χ3n) is 4.36. The van der Waals surface area contributed by atoms with E-state index >= 15 is 0 Å². The van der Waals surface area contributed by atoms with Crippen LogP contribution in [0.15, 0.2) is 12.3 Å². The van der Waals surface area contributed by atoms with Crippen molar-refractivity contribution in [2.45, 2.75) is 39.5 Å². The maximum Gasteiger partial charge on any atom is 0.228 e. The largest absolute Gasteiger partial charge is 0.400 e. The highest BCUT2D eigenvalue weighted by atomic mass is 32.1. The number of thiazole rings is 1. The molecule has 0 spiro atoms. The molecule has 27 heavy (non-hydrogen) atoms. The number of carbonyl (C=O) groups excluding carboxylic acids is 1. The second-order valence-corrected chi connectivity index (χ2v) is 7.16. The van der Waals surface area contributed by atoms with Gasteiger partial charge in [-0.3, -0.25) is 4.79 Å². The molecule has 2 aromatic rings. The second kappa shape index (κ2) is 10.2. The topological polar surface area (TPSA) is 102 Å². The van der Waals surface area contributed by atoms with Crippen molar-refractivity contribution in [1.82, 2.24) is 9.97 Å². The lowest BCUT2D eigenvalue weighted by Gasteiger charge is -2.28. The normalized spacial score (nSPS) is 18.5. The van der Waals surface area contributed by atoms with E-state index in [0.717, 1.165) is 61.2 Å². The number of aromatic nitrogens is 2. The number of nitrogens with one attached hydrogen (secondary N) is 1. The van der Waals surface area contributed by atoms with Crippen molar-refractivity contribution in [2.24, 2.45) is 11.8 Å². The molecular weight excluding hydrogens is 362 g/mol. The van der Waals surface area contributed by atoms with E-state index in [4.69, 9.17) is 10.4 Å². The van der Waals surface area contributed by atoms with Crippen LogP contribution in [-0.4, -0.2) is 41.2 Å². The molecule has 2 aliphatic rings. The number of pyridine rings is 1. The number of anilines is 2. The van der Waals surface area contributed by atoms with Crippen LogP contribution in [0.4, 0.5) is 10.9 Å². The molecule has 3 heterocycles. The van der Waals surface area contributed by atoms with Crippen molar-refractivity contribution in [3.05, 3.63) is 12.3 Å². The first-order valence-electron chi connectivity index (χ1n) is 9.40. The van der Waals surface area contributed by atoms with Gasteiger partial charge < -0.3 is 15.3 Å². The van der Waals surface area contributed by atoms with Gasteiger partial charge in [-0.15, -0.1) is 0 Å². The first-order chi connectivity index (χ1) is 13.2. The molecule has 4 rings (SSSR count). The lowest BCUT2D eigenvalue weighted by atomic mass is 10.0. The predicted octanol–water partition coefficient (Wildman–Crippen LogP) is 3.41. The second-order valence-electron chi connectivity index (χ2n) is 6.18. The molecule has 2 fully saturated rings. The van der Waals surface area contributed by atoms with E-state index in [1.165, 1.54) is 0 Å². The fraction of sp³-hybridized carbons (Fsp3) is 0.579. The SMILES string of the molecule is CC.CO.N#CC1CCCN(c2nc3ccnc(NC(=O)C4CC4)c3s2)C1. The van der Waals surface area contributed by atoms with Crippen LogP contribution in [0.1, 0.15) is 39.5 Å². The summed E-state index contributed by atoms with van der Waals surface area (Å²) in [7, 11) is 1.00. The third kappa shape index (κ3) is 5.15. The molecule has 146 valence electrons. The number of hydrogen-bond donors (Lipinski definition) is 2. The number of aliphatic hydroxyl groups is 1. The fourth-order valence-electron chi connectivity index (χ4n) is 2.89. The van der Waals surface area contributed by atoms with Gasteiger partial charge in [-0.2, -0.15) is 5.26 Å². The number of nitriles is 1. The number of amides is 1. The zero-order chi connectivity index (χ0) is 19.8. The minimum atomic E-state index is 0.0578. The molecule has 7 nitrogen and oxygen atoms in total. The van der Waals surface area contributed by atoms with E-state index in [1.807, 2.05) is 19.9 Å². The van der Waals surface area contributed by atoms with E-state index in [2.05, 4.69) is 26.3 Å². The highest BCUT2D eigenvalue weighted by molar-refractivity contribution is 7.22. The van der Waals surface area contributed by atoms with Gasteiger partial charge in [0.15, 0.2) is 10.9 Å². The Morgan fingerprint density at radius 3 is 2.78 bits per heavy atom. The van der Waals surface area contributed by atoms with Crippen LogP contribution < -0.4 is 10.2 Å². The molecule has 1 amide bonds. The summed E-state index contributed by atoms with van der Waals surface area (Å²) < 4.78 is 0.913. The number of carbonyl (C=O) groups is 1. The Kier molecular flexibility index (Phi) is 7.95. The van der Waals surface area contributed by atoms with Crippen LogP contribution >= 0.6 is 11.3 Å². The summed E-state index contributed by atoms with van der Waals surface area (Å²) in [5, 5.41) is 20.0. The molecule has 0 radical (unpaired) electrons. The first-order valence-corrected chi connectivity index (χ1v) is 10.2. The molecule has 1 aliphatic carbocycles. The van der Waals surface area contributed by atoms with Gasteiger partial charge in [0.1, 0.15) is 0 Å². The summed E-state index contributed by atoms with van der Waals surface area (Å²) in [5.74, 6) is 0.889. The maximum absolute atomic E-state index is 12.0. The highest BCUT2D eigenvalue weighted by Gasteiger charge is 2.30. The average Bonchev–Trinajstić information content (AvgIpc) is 3.50. The van der Waals surface area contributed by atoms with Crippen molar-refractivity contribution in [3.8, 4) is 6.07 Å². The summed E-state index contributed by atoms with van der Waals surface area (Å²) in [6.07, 6.45) is 5.60. The van der Waals surface area contributed by atoms with Crippen molar-refractivity contribution in [3.63, 3.8) is 0 Å². The van der Waals surface area contributed by atoms with Crippen molar-refractivity contribution >= 4 is 38.4 Å². The van der Waals surface area contributed by atoms with E-state index < -0.39 is 0 Å². The van der Waals surface area contributed by atoms with Gasteiger partial charge in [-0.25, -0.2) is 9.97 Å². The Morgan fingerprint density at radius 1 is 1.37 bits per heavy atom. The Bertz CT molecular complexity index is 797. The quantitative estimate of drug-likeness (QED) is 0.834. The van der Waals surface area contributed by atoms with Gasteiger partial charge >= 0.3 is 0 Å². The fourth-order valence-corrected chi connectivity index (χ4v) is 3.93. The molecule has 1 atom stereocenters. The minimum absolute atomic E-state index is 0.0578. The summed E-state index contributed by atoms with van der Waals surface area (Å²) in [6, 6.07) is 4.23. The average molecular weight is 390 g/mol. The van der Waals surface area contributed by atoms with Gasteiger partial charge in [0.25, 0.3) is 0 Å². The van der Waals surface area contributed by atoms with Crippen LogP contribution in [-0.2, 0) is 4.79 Å². The Morgan fingerprint density at radius 2 is 2.11 bits per heavy atom. The monoisotopic (exact) mass is 389 g/mol. The number of rotatable bonds is 3. The van der Waals surface area contributed by atoms with Gasteiger partial charge in [-0.05, 0) is 31.7 Å². The van der Waals surface area contributed by atoms with Crippen LogP contribution in [0.25, 0.3) is 10.2 Å². The van der Waals surface area contributed by atoms with Crippen LogP contribution in [0.3, 0.4) is 0 Å². The number of aliphatic hydroxyl groups excluding tert-OH is 1. The number of nitrogens with zero attached hydrogens (tertiary/aromatic N) is 4. The van der Waals surface area contributed by atoms with Gasteiger partial charge in [0, 0.05) is 32.3 Å². The molecule has 1 saturated carbocycles. The number of fused-ring (bicyclic) bond motifs is 1. The van der Waals surface area contributed by atoms with E-state index in [9.17, 15) is 4.79 Å². The van der Waals surface area contributed by atoms with Crippen molar-refractivity contribution in [2.75, 3.05) is 30.4 Å². The molecule has 8 heteroatoms. The van der Waals surface area contributed by atoms with Crippen molar-refractivity contribution < 1.29 is 9.90 Å². The van der Waals surface area contributed by atoms with Gasteiger partial charge in [-0.1, -0.05) is 25.2 Å². The predicted molar refractivity (Wildman–Crippen MR) is 109 cm³/mol. The molecule has 1 unspecified atom stereocenters. The lowest BCUT2D eigenvalue weighted by Crippen LogP contribution is -2.34. The van der Waals surface area contributed by atoms with Crippen molar-refractivity contribution in [1.29, 1.82) is 5.26 Å². The maximum atomic E-state index is 12.0. The molecular formula is C19H27N5O2S. The van der Waals surface area contributed by atoms with Crippen LogP contribution in [0.5, 0.6) is 0 Å². The van der Waals surface area contributed by atoms with Gasteiger partial charge in [0.05, 0.1) is 22.2 Å². The molecule has 1 aliphatic heterocycles. The number of piperidine rings is 1. The van der Waals surface area contributed by atoms with Gasteiger partial charge in [0.2, 0.25) is 5.91 Å². The van der Waals surface area contributed by atoms with Crippen LogP contribution in [0, 0.1) is 23.2 Å². The van der Waals surface area contributed by atoms with Crippen LogP contribution in [0.2, 0.25) is 0 Å². The molecule has 2 aromatic heterocycles. The minimum Gasteiger partial charge on any atom is -0.400 e. The third-order valence-corrected chi connectivity index (χ3v) is 5.50. The Balaban J connectivity index is 0.000000614. The molecule has 0 bridgehead atoms. The van der Waals surface area contributed by atoms with E-state index in [0.29, 0.717) is 5.82 Å². The Hall–Kier alpha value is -2.24. The Labute approximate surface area is 164 Å². The summed E-state index contributed by atoms with van der Waals surface area (Å²) in [4.78, 5) is 23.2. The summed E-state index contributed by atoms with van der Waals surface area (Å²) in [5.41, 5.74) is 0.852. The van der Waals surface area contributed by atoms with E-state index in [1.54, 1.807) is 17.5 Å². The first kappa shape index (κ1) is 21.1. The molecule has 2 N–H and O–H groups in total. The zero-order valence-electron chi connectivity index (χ0n) is 16.1. The highest BCUT2D eigenvalue weighted by Crippen LogP contribution is 2.36. The molecule has 0 aromatic carbocycles. The summed E-state index contributed by atoms with van der Waals surface area (Å²) >= 11 is 1.55. The summed E-state index contributed by atoms with van der Waals surface area (Å²) in [6.45, 7) is 5.66. The lowest BCUT2D eigenvalue weighted by molar-refractivity contribution is -0.117. The molecule has 1 saturated heterocycles. The van der Waals surface area contributed by atoms with E-state index in [-0.39, 0.29) is 17.7 Å². The standard InChI is InChI=1S/C16H17N5OS.C2H6.CH4O/c17-8-10-2-1-7-21(9-10)16-19-12-5-6-18-14(13(12)23-16)20-15(22)11-3-4-11;2*1-2/h5-6,10-11H,1-4,7,9H2,(H,18,20,22);1-2H3;2H,1H3. The smallest absolute Gasteiger partial charge is 0.228 e. The number of hydrogen-bond acceptors (Lipinski definition) is 7. The zero-order valence-corrected chi connectivity index (χ0v) is 16.9.